The lowest BCUT2D eigenvalue weighted by molar-refractivity contribution is -0.132. The van der Waals surface area contributed by atoms with E-state index in [1.165, 1.54) is 24.2 Å². The third kappa shape index (κ3) is 4.73. The molecule has 0 aliphatic carbocycles. The van der Waals surface area contributed by atoms with E-state index in [1.807, 2.05) is 79.7 Å². The largest absolute Gasteiger partial charge is 0.507 e. The van der Waals surface area contributed by atoms with Crippen LogP contribution < -0.4 is 9.80 Å². The van der Waals surface area contributed by atoms with Crippen LogP contribution in [0.3, 0.4) is 0 Å². The topological polar surface area (TPSA) is 60.9 Å². The van der Waals surface area contributed by atoms with Crippen molar-refractivity contribution in [2.75, 3.05) is 22.9 Å². The van der Waals surface area contributed by atoms with Crippen molar-refractivity contribution in [1.29, 1.82) is 0 Å². The summed E-state index contributed by atoms with van der Waals surface area (Å²) in [5, 5.41) is 11.7. The maximum atomic E-state index is 13.6. The molecule has 0 radical (unpaired) electrons. The van der Waals surface area contributed by atoms with Gasteiger partial charge in [0.1, 0.15) is 5.76 Å². The van der Waals surface area contributed by atoms with Crippen molar-refractivity contribution < 1.29 is 14.7 Å². The van der Waals surface area contributed by atoms with Crippen molar-refractivity contribution in [2.45, 2.75) is 58.4 Å². The molecule has 2 heterocycles. The molecule has 196 valence electrons. The van der Waals surface area contributed by atoms with E-state index in [-0.39, 0.29) is 16.7 Å². The quantitative estimate of drug-likeness (QED) is 0.236. The molecule has 0 spiro atoms. The molecule has 1 N–H and O–H groups in total. The van der Waals surface area contributed by atoms with Gasteiger partial charge in [-0.25, -0.2) is 0 Å². The summed E-state index contributed by atoms with van der Waals surface area (Å²) in [4.78, 5) is 31.0. The van der Waals surface area contributed by atoms with E-state index >= 15 is 0 Å². The summed E-state index contributed by atoms with van der Waals surface area (Å²) in [6, 6.07) is 22.6. The number of aryl methyl sites for hydroxylation is 1. The first-order valence-corrected chi connectivity index (χ1v) is 13.5. The molecule has 5 rings (SSSR count). The van der Waals surface area contributed by atoms with Crippen LogP contribution in [0.1, 0.15) is 68.3 Å². The van der Waals surface area contributed by atoms with Crippen molar-refractivity contribution in [3.63, 3.8) is 0 Å². The van der Waals surface area contributed by atoms with E-state index in [2.05, 4.69) is 25.7 Å². The molecular formula is C33H36N2O3. The van der Waals surface area contributed by atoms with Gasteiger partial charge < -0.3 is 10.0 Å². The fraction of sp³-hybridized carbons (Fsp3) is 0.333. The molecule has 2 fully saturated rings. The van der Waals surface area contributed by atoms with E-state index in [0.717, 1.165) is 35.5 Å². The van der Waals surface area contributed by atoms with Gasteiger partial charge >= 0.3 is 0 Å². The Kier molecular flexibility index (Phi) is 6.87. The maximum absolute atomic E-state index is 13.6. The molecular weight excluding hydrogens is 472 g/mol. The molecule has 5 heteroatoms. The molecule has 2 aliphatic rings. The number of carbonyl (C=O) groups is 2. The van der Waals surface area contributed by atoms with Gasteiger partial charge in [0, 0.05) is 30.0 Å². The molecule has 5 nitrogen and oxygen atoms in total. The second kappa shape index (κ2) is 10.1. The fourth-order valence-electron chi connectivity index (χ4n) is 5.51. The molecule has 0 aromatic heterocycles. The number of ketones is 1. The van der Waals surface area contributed by atoms with Gasteiger partial charge in [0.05, 0.1) is 11.6 Å². The number of hydrogen-bond acceptors (Lipinski definition) is 4. The van der Waals surface area contributed by atoms with Crippen molar-refractivity contribution >= 4 is 28.8 Å². The number of aliphatic hydroxyl groups is 1. The highest BCUT2D eigenvalue weighted by atomic mass is 16.3. The number of Topliss-reactive ketones (excluding diaryl/α,β-unsaturated/α-hetero) is 1. The van der Waals surface area contributed by atoms with E-state index < -0.39 is 17.7 Å². The molecule has 1 amide bonds. The molecule has 0 bridgehead atoms. The minimum Gasteiger partial charge on any atom is -0.507 e. The predicted molar refractivity (Wildman–Crippen MR) is 154 cm³/mol. The summed E-state index contributed by atoms with van der Waals surface area (Å²) in [7, 11) is 0. The number of amides is 1. The Morgan fingerprint density at radius 2 is 1.47 bits per heavy atom. The number of carbonyl (C=O) groups excluding carboxylic acids is 2. The van der Waals surface area contributed by atoms with Crippen molar-refractivity contribution in [1.82, 2.24) is 0 Å². The van der Waals surface area contributed by atoms with Gasteiger partial charge in [-0.3, -0.25) is 14.5 Å². The highest BCUT2D eigenvalue weighted by Gasteiger charge is 2.47. The van der Waals surface area contributed by atoms with Crippen molar-refractivity contribution in [3.05, 3.63) is 101 Å². The van der Waals surface area contributed by atoms with E-state index in [1.54, 1.807) is 0 Å². The van der Waals surface area contributed by atoms with Gasteiger partial charge in [-0.15, -0.1) is 0 Å². The lowest BCUT2D eigenvalue weighted by atomic mass is 9.84. The number of aliphatic hydroxyl groups excluding tert-OH is 1. The Hall–Kier alpha value is -3.86. The summed E-state index contributed by atoms with van der Waals surface area (Å²) >= 11 is 0. The Labute approximate surface area is 225 Å². The first-order valence-electron chi connectivity index (χ1n) is 13.5. The van der Waals surface area contributed by atoms with Gasteiger partial charge in [-0.2, -0.15) is 0 Å². The Balaban J connectivity index is 1.63. The minimum absolute atomic E-state index is 0.121. The number of benzene rings is 3. The lowest BCUT2D eigenvalue weighted by Crippen LogP contribution is -2.30. The van der Waals surface area contributed by atoms with Crippen LogP contribution in [0.4, 0.5) is 11.4 Å². The first kappa shape index (κ1) is 25.8. The Morgan fingerprint density at radius 3 is 2.11 bits per heavy atom. The molecule has 0 saturated carbocycles. The number of piperidine rings is 1. The van der Waals surface area contributed by atoms with Gasteiger partial charge in [0.25, 0.3) is 11.7 Å². The molecule has 1 unspecified atom stereocenters. The summed E-state index contributed by atoms with van der Waals surface area (Å²) in [6.45, 7) is 10.3. The molecule has 38 heavy (non-hydrogen) atoms. The van der Waals surface area contributed by atoms with Gasteiger partial charge in [0.2, 0.25) is 0 Å². The summed E-state index contributed by atoms with van der Waals surface area (Å²) in [5.74, 6) is -1.43. The highest BCUT2D eigenvalue weighted by molar-refractivity contribution is 6.51. The maximum Gasteiger partial charge on any atom is 0.300 e. The molecule has 3 aromatic rings. The van der Waals surface area contributed by atoms with Crippen LogP contribution in [0.5, 0.6) is 0 Å². The molecule has 1 atom stereocenters. The van der Waals surface area contributed by atoms with Crippen LogP contribution in [-0.2, 0) is 15.0 Å². The summed E-state index contributed by atoms with van der Waals surface area (Å²) in [5.41, 5.74) is 4.99. The van der Waals surface area contributed by atoms with Crippen LogP contribution in [0.25, 0.3) is 5.76 Å². The second-order valence-electron chi connectivity index (χ2n) is 11.4. The first-order chi connectivity index (χ1) is 18.2. The molecule has 3 aromatic carbocycles. The zero-order valence-electron chi connectivity index (χ0n) is 22.7. The second-order valence-corrected chi connectivity index (χ2v) is 11.4. The van der Waals surface area contributed by atoms with E-state index in [0.29, 0.717) is 11.3 Å². The normalized spacial score (nSPS) is 19.7. The van der Waals surface area contributed by atoms with Gasteiger partial charge in [-0.1, -0.05) is 63.2 Å². The lowest BCUT2D eigenvalue weighted by Gasteiger charge is -2.30. The van der Waals surface area contributed by atoms with Crippen molar-refractivity contribution in [3.8, 4) is 0 Å². The smallest absolute Gasteiger partial charge is 0.300 e. The molecule has 2 aliphatic heterocycles. The highest BCUT2D eigenvalue weighted by Crippen LogP contribution is 2.43. The fourth-order valence-corrected chi connectivity index (χ4v) is 5.51. The number of anilines is 2. The molecule has 2 saturated heterocycles. The number of nitrogens with zero attached hydrogens (tertiary/aromatic N) is 2. The van der Waals surface area contributed by atoms with Crippen LogP contribution in [0.2, 0.25) is 0 Å². The van der Waals surface area contributed by atoms with Crippen LogP contribution >= 0.6 is 0 Å². The van der Waals surface area contributed by atoms with Gasteiger partial charge in [-0.05, 0) is 78.6 Å². The number of hydrogen-bond donors (Lipinski definition) is 1. The van der Waals surface area contributed by atoms with Crippen LogP contribution in [-0.4, -0.2) is 29.9 Å². The van der Waals surface area contributed by atoms with E-state index in [4.69, 9.17) is 0 Å². The third-order valence-electron chi connectivity index (χ3n) is 7.77. The SMILES string of the molecule is Cc1ccc(C(C)(C)C)cc1/C(O)=C1\C(=O)C(=O)N(c2ccc(N3CCCCC3)cc2)C1c1ccccc1. The average Bonchev–Trinajstić information content (AvgIpc) is 3.19. The van der Waals surface area contributed by atoms with Crippen LogP contribution in [0.15, 0.2) is 78.4 Å². The standard InChI is InChI=1S/C33H36N2O3/c1-22-13-14-24(33(2,3)4)21-27(22)30(36)28-29(23-11-7-5-8-12-23)35(32(38)31(28)37)26-17-15-25(16-18-26)34-19-9-6-10-20-34/h5,7-8,11-18,21,29,36H,6,9-10,19-20H2,1-4H3/b30-28+. The van der Waals surface area contributed by atoms with Crippen molar-refractivity contribution in [2.24, 2.45) is 0 Å². The zero-order chi connectivity index (χ0) is 27.0. The summed E-state index contributed by atoms with van der Waals surface area (Å²) < 4.78 is 0. The monoisotopic (exact) mass is 508 g/mol. The zero-order valence-corrected chi connectivity index (χ0v) is 22.7. The third-order valence-corrected chi connectivity index (χ3v) is 7.77. The van der Waals surface area contributed by atoms with Crippen LogP contribution in [0, 0.1) is 6.92 Å². The summed E-state index contributed by atoms with van der Waals surface area (Å²) in [6.07, 6.45) is 3.62. The minimum atomic E-state index is -0.727. The predicted octanol–water partition coefficient (Wildman–Crippen LogP) is 6.91. The Morgan fingerprint density at radius 1 is 0.842 bits per heavy atom. The Bertz CT molecular complexity index is 1380. The van der Waals surface area contributed by atoms with E-state index in [9.17, 15) is 14.7 Å². The average molecular weight is 509 g/mol. The number of rotatable bonds is 4. The van der Waals surface area contributed by atoms with Gasteiger partial charge in [0.15, 0.2) is 0 Å².